The van der Waals surface area contributed by atoms with Gasteiger partial charge in [0.05, 0.1) is 29.2 Å². The fraction of sp³-hybridized carbons (Fsp3) is 0.179. The molecule has 15 heteroatoms. The second-order valence-electron chi connectivity index (χ2n) is 9.20. The van der Waals surface area contributed by atoms with Crippen molar-refractivity contribution in [3.05, 3.63) is 92.3 Å². The molecule has 0 aliphatic heterocycles. The topological polar surface area (TPSA) is 122 Å². The number of carbonyl (C=O) groups excluding carboxylic acids is 2. The van der Waals surface area contributed by atoms with Crippen molar-refractivity contribution >= 4 is 96.5 Å². The van der Waals surface area contributed by atoms with Crippen molar-refractivity contribution in [3.63, 3.8) is 0 Å². The summed E-state index contributed by atoms with van der Waals surface area (Å²) in [5, 5.41) is 3.16. The van der Waals surface area contributed by atoms with Crippen molar-refractivity contribution in [1.29, 1.82) is 0 Å². The van der Waals surface area contributed by atoms with Gasteiger partial charge in [-0.3, -0.25) is 18.7 Å². The number of aromatic nitrogens is 2. The van der Waals surface area contributed by atoms with Gasteiger partial charge in [-0.25, -0.2) is 13.4 Å². The molecule has 0 radical (unpaired) electrons. The molecular weight excluding hydrogens is 705 g/mol. The summed E-state index contributed by atoms with van der Waals surface area (Å²) in [4.78, 5) is 31.0. The van der Waals surface area contributed by atoms with E-state index in [1.165, 1.54) is 11.0 Å². The summed E-state index contributed by atoms with van der Waals surface area (Å²) in [7, 11) is -1.84. The number of likely N-dealkylation sites (N-methyl/N-ethyl adjacent to an activating group) is 1. The molecule has 228 valence electrons. The molecule has 2 N–H and O–H groups in total. The number of hydrogen-bond acceptors (Lipinski definition) is 6. The number of nitrogens with zero attached hydrogens (tertiary/aromatic N) is 3. The lowest BCUT2D eigenvalue weighted by molar-refractivity contribution is -0.122. The molecule has 0 atom stereocenters. The highest BCUT2D eigenvalue weighted by molar-refractivity contribution is 9.10. The Labute approximate surface area is 273 Å². The first kappa shape index (κ1) is 34.2. The first-order chi connectivity index (χ1) is 19.8. The van der Waals surface area contributed by atoms with Crippen molar-refractivity contribution in [2.75, 3.05) is 29.5 Å². The number of nitrogens with one attached hydrogen (secondary N) is 2. The maximum Gasteiger partial charge on any atom is 0.246 e. The predicted molar refractivity (Wildman–Crippen MR) is 176 cm³/mol. The minimum Gasteiger partial charge on any atom is -0.485 e. The number of rotatable bonds is 10. The lowest BCUT2D eigenvalue weighted by Gasteiger charge is -2.21. The summed E-state index contributed by atoms with van der Waals surface area (Å²) in [5.41, 5.74) is 3.40. The molecule has 2 amide bonds. The van der Waals surface area contributed by atoms with Gasteiger partial charge >= 0.3 is 0 Å². The number of amides is 2. The Balaban J connectivity index is 0.00000506. The summed E-state index contributed by atoms with van der Waals surface area (Å²) in [6.07, 6.45) is 5.74. The molecule has 0 saturated carbocycles. The van der Waals surface area contributed by atoms with E-state index in [0.29, 0.717) is 38.9 Å². The predicted octanol–water partition coefficient (Wildman–Crippen LogP) is 5.88. The molecule has 4 aromatic rings. The van der Waals surface area contributed by atoms with Crippen LogP contribution in [0.25, 0.3) is 11.7 Å². The second-order valence-corrected chi connectivity index (χ2v) is 12.5. The summed E-state index contributed by atoms with van der Waals surface area (Å²) >= 11 is 16.6. The third kappa shape index (κ3) is 8.64. The zero-order chi connectivity index (χ0) is 30.6. The van der Waals surface area contributed by atoms with Crippen molar-refractivity contribution in [2.45, 2.75) is 13.5 Å². The molecule has 10 nitrogen and oxygen atoms in total. The van der Waals surface area contributed by atoms with Gasteiger partial charge in [-0.2, -0.15) is 0 Å². The molecule has 2 aromatic heterocycles. The largest absolute Gasteiger partial charge is 0.485 e. The highest BCUT2D eigenvalue weighted by Gasteiger charge is 2.20. The number of anilines is 2. The van der Waals surface area contributed by atoms with Crippen LogP contribution in [-0.4, -0.2) is 49.5 Å². The van der Waals surface area contributed by atoms with Gasteiger partial charge in [-0.15, -0.1) is 12.4 Å². The number of pyridine rings is 1. The first-order valence-electron chi connectivity index (χ1n) is 12.4. The Morgan fingerprint density at radius 2 is 1.84 bits per heavy atom. The van der Waals surface area contributed by atoms with Crippen LogP contribution in [-0.2, 0) is 26.2 Å². The zero-order valence-electron chi connectivity index (χ0n) is 23.1. The number of sulfonamides is 1. The van der Waals surface area contributed by atoms with Crippen LogP contribution < -0.4 is 19.7 Å². The van der Waals surface area contributed by atoms with Crippen molar-refractivity contribution in [2.24, 2.45) is 0 Å². The number of aryl methyl sites for hydroxylation is 1. The van der Waals surface area contributed by atoms with Crippen LogP contribution in [0.2, 0.25) is 10.0 Å². The number of benzene rings is 2. The summed E-state index contributed by atoms with van der Waals surface area (Å²) in [6, 6.07) is 13.3. The van der Waals surface area contributed by atoms with Gasteiger partial charge in [-0.1, -0.05) is 35.3 Å². The normalized spacial score (nSPS) is 11.3. The molecule has 0 saturated heterocycles. The number of carbonyl (C=O) groups is 2. The van der Waals surface area contributed by atoms with Crippen LogP contribution in [0.3, 0.4) is 0 Å². The minimum absolute atomic E-state index is 0. The van der Waals surface area contributed by atoms with E-state index >= 15 is 0 Å². The zero-order valence-corrected chi connectivity index (χ0v) is 27.8. The highest BCUT2D eigenvalue weighted by Crippen LogP contribution is 2.35. The average Bonchev–Trinajstić information content (AvgIpc) is 3.23. The molecule has 43 heavy (non-hydrogen) atoms. The SMILES string of the molecule is Cc1nc2c(OCc3c(Cl)ccc(N(C)C(=O)CNC(=O)/C=C/c4ccc(NS(C)(=O)=O)cc4)c3Cl)cccn2c1Br.Cl. The molecule has 0 unspecified atom stereocenters. The maximum atomic E-state index is 12.9. The Morgan fingerprint density at radius 3 is 2.51 bits per heavy atom. The quantitative estimate of drug-likeness (QED) is 0.197. The lowest BCUT2D eigenvalue weighted by atomic mass is 10.2. The van der Waals surface area contributed by atoms with Gasteiger partial charge in [0, 0.05) is 35.6 Å². The maximum absolute atomic E-state index is 12.9. The molecule has 4 rings (SSSR count). The van der Waals surface area contributed by atoms with Gasteiger partial charge in [0.25, 0.3) is 0 Å². The smallest absolute Gasteiger partial charge is 0.246 e. The molecule has 0 spiro atoms. The van der Waals surface area contributed by atoms with Crippen LogP contribution in [0, 0.1) is 6.92 Å². The highest BCUT2D eigenvalue weighted by atomic mass is 79.9. The first-order valence-corrected chi connectivity index (χ1v) is 15.8. The Kier molecular flexibility index (Phi) is 11.5. The van der Waals surface area contributed by atoms with E-state index in [-0.39, 0.29) is 30.6 Å². The fourth-order valence-corrected chi connectivity index (χ4v) is 5.43. The monoisotopic (exact) mass is 729 g/mol. The van der Waals surface area contributed by atoms with E-state index in [9.17, 15) is 18.0 Å². The number of imidazole rings is 1. The Bertz CT molecular complexity index is 1800. The summed E-state index contributed by atoms with van der Waals surface area (Å²) < 4.78 is 33.7. The van der Waals surface area contributed by atoms with Crippen LogP contribution in [0.15, 0.2) is 65.4 Å². The molecule has 0 aliphatic carbocycles. The van der Waals surface area contributed by atoms with Gasteiger partial charge in [-0.05, 0) is 70.9 Å². The summed E-state index contributed by atoms with van der Waals surface area (Å²) in [6.45, 7) is 1.63. The standard InChI is InChI=1S/C28H26BrCl2N5O5S.ClH/c1-17-27(29)36-14-4-5-23(28(36)33-17)41-16-20-21(30)11-12-22(26(20)31)35(2)25(38)15-32-24(37)13-8-18-6-9-19(10-7-18)34-42(3,39)40;/h4-14,34H,15-16H2,1-3H3,(H,32,37);1H/b13-8+;. The number of hydrogen-bond donors (Lipinski definition) is 2. The molecule has 0 fully saturated rings. The van der Waals surface area contributed by atoms with E-state index in [4.69, 9.17) is 27.9 Å². The van der Waals surface area contributed by atoms with E-state index in [1.54, 1.807) is 55.6 Å². The molecular formula is C28H27BrCl3N5O5S. The molecule has 2 heterocycles. The van der Waals surface area contributed by atoms with Crippen LogP contribution in [0.1, 0.15) is 16.8 Å². The Hall–Kier alpha value is -3.29. The number of ether oxygens (including phenoxy) is 1. The van der Waals surface area contributed by atoms with Crippen LogP contribution in [0.5, 0.6) is 5.75 Å². The number of fused-ring (bicyclic) bond motifs is 1. The van der Waals surface area contributed by atoms with Gasteiger partial charge in [0.15, 0.2) is 11.4 Å². The van der Waals surface area contributed by atoms with Crippen molar-refractivity contribution in [3.8, 4) is 5.75 Å². The number of halogens is 4. The van der Waals surface area contributed by atoms with Crippen LogP contribution in [0.4, 0.5) is 11.4 Å². The molecule has 2 aromatic carbocycles. The van der Waals surface area contributed by atoms with E-state index in [0.717, 1.165) is 16.6 Å². The third-order valence-corrected chi connectivity index (χ3v) is 8.38. The van der Waals surface area contributed by atoms with Crippen LogP contribution >= 0.6 is 51.5 Å². The Morgan fingerprint density at radius 1 is 1.14 bits per heavy atom. The molecule has 0 bridgehead atoms. The van der Waals surface area contributed by atoms with Crippen molar-refractivity contribution < 1.29 is 22.7 Å². The van der Waals surface area contributed by atoms with Gasteiger partial charge in [0.2, 0.25) is 21.8 Å². The van der Waals surface area contributed by atoms with Crippen molar-refractivity contribution in [1.82, 2.24) is 14.7 Å². The average molecular weight is 732 g/mol. The second kappa shape index (κ2) is 14.5. The lowest BCUT2D eigenvalue weighted by Crippen LogP contribution is -2.37. The molecule has 0 aliphatic rings. The summed E-state index contributed by atoms with van der Waals surface area (Å²) in [5.74, 6) is -0.363. The van der Waals surface area contributed by atoms with Gasteiger partial charge < -0.3 is 15.0 Å². The minimum atomic E-state index is -3.38. The van der Waals surface area contributed by atoms with E-state index in [2.05, 4.69) is 31.0 Å². The van der Waals surface area contributed by atoms with E-state index < -0.39 is 21.8 Å². The third-order valence-electron chi connectivity index (χ3n) is 6.04. The van der Waals surface area contributed by atoms with Gasteiger partial charge in [0.1, 0.15) is 11.2 Å². The fourth-order valence-electron chi connectivity index (χ4n) is 3.89. The van der Waals surface area contributed by atoms with E-state index in [1.807, 2.05) is 23.6 Å².